The Bertz CT molecular complexity index is 210. The van der Waals surface area contributed by atoms with Gasteiger partial charge >= 0.3 is 5.97 Å². The van der Waals surface area contributed by atoms with Gasteiger partial charge in [-0.15, -0.1) is 0 Å². The average Bonchev–Trinajstić information content (AvgIpc) is 2.55. The molecule has 3 nitrogen and oxygen atoms in total. The summed E-state index contributed by atoms with van der Waals surface area (Å²) >= 11 is 0. The van der Waals surface area contributed by atoms with Crippen LogP contribution in [0.25, 0.3) is 0 Å². The van der Waals surface area contributed by atoms with Gasteiger partial charge in [0, 0.05) is 6.04 Å². The molecule has 0 spiro atoms. The Morgan fingerprint density at radius 2 is 1.94 bits per heavy atom. The fourth-order valence-electron chi connectivity index (χ4n) is 2.49. The molecule has 1 atom stereocenters. The van der Waals surface area contributed by atoms with E-state index >= 15 is 0 Å². The first-order valence-corrected chi connectivity index (χ1v) is 7.13. The highest BCUT2D eigenvalue weighted by Gasteiger charge is 2.15. The van der Waals surface area contributed by atoms with Crippen molar-refractivity contribution in [2.24, 2.45) is 11.7 Å². The zero-order valence-corrected chi connectivity index (χ0v) is 11.1. The van der Waals surface area contributed by atoms with Crippen LogP contribution in [0, 0.1) is 5.92 Å². The van der Waals surface area contributed by atoms with E-state index in [2.05, 4.69) is 6.92 Å². The Kier molecular flexibility index (Phi) is 7.25. The zero-order chi connectivity index (χ0) is 12.5. The monoisotopic (exact) mass is 241 g/mol. The summed E-state index contributed by atoms with van der Waals surface area (Å²) in [5.74, 6) is 0.471. The molecule has 0 amide bonds. The van der Waals surface area contributed by atoms with Crippen LogP contribution in [0.2, 0.25) is 0 Å². The lowest BCUT2D eigenvalue weighted by molar-refractivity contribution is -0.145. The molecule has 3 heteroatoms. The molecule has 1 aliphatic carbocycles. The maximum atomic E-state index is 11.6. The van der Waals surface area contributed by atoms with Crippen molar-refractivity contribution in [1.82, 2.24) is 0 Å². The third-order valence-corrected chi connectivity index (χ3v) is 3.54. The Balaban J connectivity index is 2.13. The molecular formula is C14H27NO2. The van der Waals surface area contributed by atoms with E-state index < -0.39 is 0 Å². The molecule has 1 unspecified atom stereocenters. The number of hydrogen-bond acceptors (Lipinski definition) is 3. The molecule has 1 rings (SSSR count). The number of nitrogens with two attached hydrogens (primary N) is 1. The van der Waals surface area contributed by atoms with Gasteiger partial charge in [-0.05, 0) is 25.2 Å². The summed E-state index contributed by atoms with van der Waals surface area (Å²) in [6.45, 7) is 2.69. The SMILES string of the molecule is CCCC(N)CC(=O)OCC1CCCCCC1. The Labute approximate surface area is 105 Å². The highest BCUT2D eigenvalue weighted by Crippen LogP contribution is 2.23. The van der Waals surface area contributed by atoms with Crippen molar-refractivity contribution in [3.8, 4) is 0 Å². The molecule has 0 saturated heterocycles. The second-order valence-electron chi connectivity index (χ2n) is 5.29. The van der Waals surface area contributed by atoms with Gasteiger partial charge in [0.1, 0.15) is 0 Å². The number of ether oxygens (including phenoxy) is 1. The molecule has 100 valence electrons. The minimum Gasteiger partial charge on any atom is -0.465 e. The molecule has 0 aromatic rings. The summed E-state index contributed by atoms with van der Waals surface area (Å²) in [6, 6.07) is -0.0263. The second kappa shape index (κ2) is 8.51. The van der Waals surface area contributed by atoms with Gasteiger partial charge in [-0.25, -0.2) is 0 Å². The number of carbonyl (C=O) groups is 1. The molecule has 0 aliphatic heterocycles. The Morgan fingerprint density at radius 1 is 1.29 bits per heavy atom. The van der Waals surface area contributed by atoms with Crippen LogP contribution in [-0.2, 0) is 9.53 Å². The summed E-state index contributed by atoms with van der Waals surface area (Å²) in [5, 5.41) is 0. The molecule has 0 heterocycles. The number of hydrogen-bond donors (Lipinski definition) is 1. The zero-order valence-electron chi connectivity index (χ0n) is 11.1. The van der Waals surface area contributed by atoms with Crippen LogP contribution in [0.5, 0.6) is 0 Å². The van der Waals surface area contributed by atoms with Crippen molar-refractivity contribution in [2.45, 2.75) is 70.8 Å². The Morgan fingerprint density at radius 3 is 2.53 bits per heavy atom. The summed E-state index contributed by atoms with van der Waals surface area (Å²) < 4.78 is 5.34. The minimum absolute atomic E-state index is 0.0263. The van der Waals surface area contributed by atoms with E-state index in [1.54, 1.807) is 0 Å². The van der Waals surface area contributed by atoms with Gasteiger partial charge < -0.3 is 10.5 Å². The topological polar surface area (TPSA) is 52.3 Å². The fraction of sp³-hybridized carbons (Fsp3) is 0.929. The molecule has 0 aromatic carbocycles. The standard InChI is InChI=1S/C14H27NO2/c1-2-7-13(15)10-14(16)17-11-12-8-5-3-4-6-9-12/h12-13H,2-11,15H2,1H3. The predicted octanol–water partition coefficient (Wildman–Crippen LogP) is 3.02. The lowest BCUT2D eigenvalue weighted by atomic mass is 10.0. The summed E-state index contributed by atoms with van der Waals surface area (Å²) in [6.07, 6.45) is 9.99. The first kappa shape index (κ1) is 14.5. The van der Waals surface area contributed by atoms with E-state index in [0.717, 1.165) is 12.8 Å². The molecule has 1 fully saturated rings. The molecule has 0 radical (unpaired) electrons. The predicted molar refractivity (Wildman–Crippen MR) is 69.7 cm³/mol. The second-order valence-corrected chi connectivity index (χ2v) is 5.29. The average molecular weight is 241 g/mol. The van der Waals surface area contributed by atoms with Crippen molar-refractivity contribution in [3.63, 3.8) is 0 Å². The van der Waals surface area contributed by atoms with Gasteiger partial charge in [-0.3, -0.25) is 4.79 Å². The third-order valence-electron chi connectivity index (χ3n) is 3.54. The maximum absolute atomic E-state index is 11.6. The van der Waals surface area contributed by atoms with E-state index in [-0.39, 0.29) is 12.0 Å². The summed E-state index contributed by atoms with van der Waals surface area (Å²) in [5.41, 5.74) is 5.82. The molecule has 1 aliphatic rings. The van der Waals surface area contributed by atoms with Crippen molar-refractivity contribution in [3.05, 3.63) is 0 Å². The molecule has 0 bridgehead atoms. The van der Waals surface area contributed by atoms with Crippen LogP contribution >= 0.6 is 0 Å². The van der Waals surface area contributed by atoms with Gasteiger partial charge in [0.2, 0.25) is 0 Å². The summed E-state index contributed by atoms with van der Waals surface area (Å²) in [7, 11) is 0. The normalized spacial score (nSPS) is 19.6. The van der Waals surface area contributed by atoms with Crippen LogP contribution in [0.4, 0.5) is 0 Å². The first-order chi connectivity index (χ1) is 8.22. The highest BCUT2D eigenvalue weighted by molar-refractivity contribution is 5.70. The van der Waals surface area contributed by atoms with Gasteiger partial charge in [-0.2, -0.15) is 0 Å². The van der Waals surface area contributed by atoms with Gasteiger partial charge in [0.25, 0.3) is 0 Å². The highest BCUT2D eigenvalue weighted by atomic mass is 16.5. The molecular weight excluding hydrogens is 214 g/mol. The quantitative estimate of drug-likeness (QED) is 0.574. The van der Waals surface area contributed by atoms with E-state index in [1.165, 1.54) is 38.5 Å². The molecule has 0 aromatic heterocycles. The van der Waals surface area contributed by atoms with E-state index in [9.17, 15) is 4.79 Å². The van der Waals surface area contributed by atoms with E-state index in [4.69, 9.17) is 10.5 Å². The van der Waals surface area contributed by atoms with Gasteiger partial charge in [0.15, 0.2) is 0 Å². The number of rotatable bonds is 6. The number of carbonyl (C=O) groups excluding carboxylic acids is 1. The largest absolute Gasteiger partial charge is 0.465 e. The number of esters is 1. The molecule has 2 N–H and O–H groups in total. The van der Waals surface area contributed by atoms with E-state index in [0.29, 0.717) is 18.9 Å². The maximum Gasteiger partial charge on any atom is 0.307 e. The third kappa shape index (κ3) is 6.67. The van der Waals surface area contributed by atoms with Crippen LogP contribution in [0.15, 0.2) is 0 Å². The lowest BCUT2D eigenvalue weighted by Gasteiger charge is -2.15. The van der Waals surface area contributed by atoms with Gasteiger partial charge in [-0.1, -0.05) is 39.0 Å². The van der Waals surface area contributed by atoms with Gasteiger partial charge in [0.05, 0.1) is 13.0 Å². The van der Waals surface area contributed by atoms with Crippen LogP contribution in [0.1, 0.15) is 64.7 Å². The molecule has 1 saturated carbocycles. The van der Waals surface area contributed by atoms with E-state index in [1.807, 2.05) is 0 Å². The van der Waals surface area contributed by atoms with Crippen LogP contribution in [0.3, 0.4) is 0 Å². The van der Waals surface area contributed by atoms with Crippen LogP contribution in [-0.4, -0.2) is 18.6 Å². The summed E-state index contributed by atoms with van der Waals surface area (Å²) in [4.78, 5) is 11.6. The Hall–Kier alpha value is -0.570. The van der Waals surface area contributed by atoms with Crippen LogP contribution < -0.4 is 5.73 Å². The van der Waals surface area contributed by atoms with Crippen molar-refractivity contribution in [1.29, 1.82) is 0 Å². The smallest absolute Gasteiger partial charge is 0.307 e. The van der Waals surface area contributed by atoms with Crippen molar-refractivity contribution in [2.75, 3.05) is 6.61 Å². The molecule has 17 heavy (non-hydrogen) atoms. The lowest BCUT2D eigenvalue weighted by Crippen LogP contribution is -2.25. The van der Waals surface area contributed by atoms with Crippen molar-refractivity contribution >= 4 is 5.97 Å². The first-order valence-electron chi connectivity index (χ1n) is 7.13. The van der Waals surface area contributed by atoms with Crippen molar-refractivity contribution < 1.29 is 9.53 Å². The fourth-order valence-corrected chi connectivity index (χ4v) is 2.49. The minimum atomic E-state index is -0.116.